The Hall–Kier alpha value is -3.42. The van der Waals surface area contributed by atoms with Crippen LogP contribution in [-0.4, -0.2) is 35.3 Å². The molecule has 0 heterocycles. The summed E-state index contributed by atoms with van der Waals surface area (Å²) < 4.78 is 11.4. The van der Waals surface area contributed by atoms with Gasteiger partial charge in [-0.2, -0.15) is 0 Å². The first kappa shape index (κ1) is 23.9. The van der Waals surface area contributed by atoms with Gasteiger partial charge in [-0.25, -0.2) is 0 Å². The molecule has 0 unspecified atom stereocenters. The monoisotopic (exact) mass is 429 g/mol. The molecule has 2 aromatic carbocycles. The predicted molar refractivity (Wildman–Crippen MR) is 120 cm³/mol. The molecule has 31 heavy (non-hydrogen) atoms. The van der Waals surface area contributed by atoms with Crippen molar-refractivity contribution < 1.29 is 25.0 Å². The van der Waals surface area contributed by atoms with E-state index in [-0.39, 0.29) is 11.7 Å². The van der Waals surface area contributed by atoms with Crippen molar-refractivity contribution in [2.45, 2.75) is 44.9 Å². The minimum atomic E-state index is 0.0909. The Labute approximate surface area is 183 Å². The minimum absolute atomic E-state index is 0.0909. The molecule has 0 saturated heterocycles. The number of nitrogens with two attached hydrogens (primary N) is 2. The molecule has 0 aromatic heterocycles. The van der Waals surface area contributed by atoms with Gasteiger partial charge in [-0.1, -0.05) is 42.4 Å². The van der Waals surface area contributed by atoms with Gasteiger partial charge in [-0.15, -0.1) is 0 Å². The quantitative estimate of drug-likeness (QED) is 0.103. The molecule has 2 aromatic rings. The fourth-order valence-corrected chi connectivity index (χ4v) is 3.04. The molecule has 0 spiro atoms. The van der Waals surface area contributed by atoms with Crippen molar-refractivity contribution in [2.24, 2.45) is 16.6 Å². The summed E-state index contributed by atoms with van der Waals surface area (Å²) in [4.78, 5) is 0. The molecule has 0 aliphatic carbocycles. The molecule has 0 aliphatic heterocycles. The van der Waals surface area contributed by atoms with Crippen LogP contribution in [0.3, 0.4) is 0 Å². The number of rotatable bonds is 14. The van der Waals surface area contributed by atoms with Gasteiger partial charge in [-0.05, 0) is 61.4 Å². The highest BCUT2D eigenvalue weighted by molar-refractivity contribution is 5.97. The van der Waals surface area contributed by atoms with Gasteiger partial charge in [0.25, 0.3) is 0 Å². The summed E-state index contributed by atoms with van der Waals surface area (Å²) in [6, 6.07) is 14.5. The number of nitrogen functional groups attached to an aromatic ring is 1. The second kappa shape index (κ2) is 13.7. The Kier molecular flexibility index (Phi) is 10.6. The smallest absolute Gasteiger partial charge is 0.311 e. The number of unbranched alkanes of at least 4 members (excludes halogenated alkanes) is 6. The number of nitrogens with zero attached hydrogens (tertiary/aromatic N) is 1. The number of nitrogens with one attached hydrogen (secondary N) is 1. The molecule has 0 bridgehead atoms. The van der Waals surface area contributed by atoms with Crippen molar-refractivity contribution >= 4 is 11.7 Å². The second-order valence-electron chi connectivity index (χ2n) is 7.23. The van der Waals surface area contributed by atoms with Gasteiger partial charge < -0.3 is 25.6 Å². The summed E-state index contributed by atoms with van der Waals surface area (Å²) >= 11 is 0. The van der Waals surface area contributed by atoms with Crippen molar-refractivity contribution in [3.8, 4) is 11.5 Å². The van der Waals surface area contributed by atoms with Crippen LogP contribution in [0.1, 0.15) is 56.1 Å². The van der Waals surface area contributed by atoms with E-state index in [1.165, 1.54) is 19.3 Å². The maximum atomic E-state index is 8.78. The first-order valence-corrected chi connectivity index (χ1v) is 10.6. The third-order valence-corrected chi connectivity index (χ3v) is 4.87. The Morgan fingerprint density at radius 1 is 0.710 bits per heavy atom. The molecule has 0 radical (unpaired) electrons. The normalized spacial score (nSPS) is 12.0. The summed E-state index contributed by atoms with van der Waals surface area (Å²) in [5.74, 6) is 1.89. The lowest BCUT2D eigenvalue weighted by Gasteiger charge is -2.07. The highest BCUT2D eigenvalue weighted by Crippen LogP contribution is 2.15. The summed E-state index contributed by atoms with van der Waals surface area (Å²) in [6.07, 6.45) is 7.96. The van der Waals surface area contributed by atoms with Gasteiger partial charge in [0.1, 0.15) is 11.5 Å². The van der Waals surface area contributed by atoms with Gasteiger partial charge >= 0.3 is 5.84 Å². The lowest BCUT2D eigenvalue weighted by Crippen LogP contribution is -2.71. The molecule has 7 N–H and O–H groups in total. The van der Waals surface area contributed by atoms with Gasteiger partial charge in [0, 0.05) is 5.56 Å². The second-order valence-corrected chi connectivity index (χ2v) is 7.23. The highest BCUT2D eigenvalue weighted by Gasteiger charge is 2.04. The zero-order valence-electron chi connectivity index (χ0n) is 17.8. The lowest BCUT2D eigenvalue weighted by atomic mass is 10.1. The maximum Gasteiger partial charge on any atom is 0.311 e. The van der Waals surface area contributed by atoms with Crippen molar-refractivity contribution in [2.75, 3.05) is 13.2 Å². The zero-order valence-corrected chi connectivity index (χ0v) is 17.8. The van der Waals surface area contributed by atoms with E-state index in [9.17, 15) is 0 Å². The van der Waals surface area contributed by atoms with E-state index in [0.29, 0.717) is 18.8 Å². The highest BCUT2D eigenvalue weighted by atomic mass is 16.5. The maximum absolute atomic E-state index is 8.78. The summed E-state index contributed by atoms with van der Waals surface area (Å²) in [5, 5.41) is 22.3. The molecule has 0 saturated carbocycles. The number of amidine groups is 2. The molecule has 8 nitrogen and oxygen atoms in total. The van der Waals surface area contributed by atoms with Crippen LogP contribution < -0.4 is 26.1 Å². The molecule has 2 rings (SSSR count). The van der Waals surface area contributed by atoms with E-state index in [4.69, 9.17) is 31.4 Å². The first-order chi connectivity index (χ1) is 15.1. The number of hydrogen-bond acceptors (Lipinski definition) is 5. The van der Waals surface area contributed by atoms with Crippen LogP contribution in [0, 0.1) is 0 Å². The standard InChI is InChI=1S/C23H32N4O4/c24-22(26-28)18-8-12-20(13-9-18)30-16-6-4-2-1-3-5-7-17-31-21-14-10-19(11-15-21)23(25)27-29/h8-15,28-29H,1-7,16-17H2,(H2,24,26)(H2,25,27)/p+1. The summed E-state index contributed by atoms with van der Waals surface area (Å²) in [6.45, 7) is 1.38. The predicted octanol–water partition coefficient (Wildman–Crippen LogP) is 2.14. The molecule has 0 amide bonds. The van der Waals surface area contributed by atoms with Crippen LogP contribution in [0.2, 0.25) is 0 Å². The Morgan fingerprint density at radius 3 is 1.55 bits per heavy atom. The molecular weight excluding hydrogens is 396 g/mol. The van der Waals surface area contributed by atoms with Crippen LogP contribution >= 0.6 is 0 Å². The molecule has 0 aliphatic rings. The van der Waals surface area contributed by atoms with Gasteiger partial charge in [0.2, 0.25) is 0 Å². The van der Waals surface area contributed by atoms with E-state index < -0.39 is 0 Å². The van der Waals surface area contributed by atoms with Gasteiger partial charge in [0.15, 0.2) is 5.84 Å². The van der Waals surface area contributed by atoms with Crippen LogP contribution in [0.15, 0.2) is 53.7 Å². The number of ether oxygens (including phenoxy) is 2. The summed E-state index contributed by atoms with van der Waals surface area (Å²) in [7, 11) is 0. The fourth-order valence-electron chi connectivity index (χ4n) is 3.04. The fraction of sp³-hybridized carbons (Fsp3) is 0.391. The third-order valence-electron chi connectivity index (χ3n) is 4.87. The van der Waals surface area contributed by atoms with Gasteiger partial charge in [-0.3, -0.25) is 5.73 Å². The average molecular weight is 430 g/mol. The van der Waals surface area contributed by atoms with Crippen LogP contribution in [0.25, 0.3) is 0 Å². The van der Waals surface area contributed by atoms with Crippen molar-refractivity contribution in [3.63, 3.8) is 0 Å². The SMILES string of the molecule is N/C(=N\O)c1ccc(OCCCCCCCCCOc2ccc(/C(N)=[NH+]/O)cc2)cc1. The Morgan fingerprint density at radius 2 is 1.13 bits per heavy atom. The minimum Gasteiger partial charge on any atom is -0.494 e. The Balaban J connectivity index is 1.44. The summed E-state index contributed by atoms with van der Waals surface area (Å²) in [5.41, 5.74) is 12.5. The molecule has 0 fully saturated rings. The van der Waals surface area contributed by atoms with E-state index in [0.717, 1.165) is 42.7 Å². The average Bonchev–Trinajstić information content (AvgIpc) is 2.82. The Bertz CT molecular complexity index is 751. The van der Waals surface area contributed by atoms with Crippen molar-refractivity contribution in [1.82, 2.24) is 0 Å². The molecular formula is C23H33N4O4+. The van der Waals surface area contributed by atoms with Crippen LogP contribution in [0.4, 0.5) is 0 Å². The van der Waals surface area contributed by atoms with Crippen molar-refractivity contribution in [1.29, 1.82) is 0 Å². The van der Waals surface area contributed by atoms with Crippen LogP contribution in [0.5, 0.6) is 11.5 Å². The molecule has 168 valence electrons. The van der Waals surface area contributed by atoms with E-state index in [1.807, 2.05) is 29.4 Å². The van der Waals surface area contributed by atoms with Crippen molar-refractivity contribution in [3.05, 3.63) is 59.7 Å². The van der Waals surface area contributed by atoms with Gasteiger partial charge in [0.05, 0.1) is 18.8 Å². The van der Waals surface area contributed by atoms with E-state index >= 15 is 0 Å². The largest absolute Gasteiger partial charge is 0.494 e. The van der Waals surface area contributed by atoms with E-state index in [1.54, 1.807) is 24.3 Å². The van der Waals surface area contributed by atoms with E-state index in [2.05, 4.69) is 5.16 Å². The van der Waals surface area contributed by atoms with Crippen LogP contribution in [-0.2, 0) is 0 Å². The lowest BCUT2D eigenvalue weighted by molar-refractivity contribution is -0.737. The number of benzene rings is 2. The first-order valence-electron chi connectivity index (χ1n) is 10.6. The third kappa shape index (κ3) is 8.86. The topological polar surface area (TPSA) is 137 Å². The number of oxime groups is 1. The zero-order chi connectivity index (χ0) is 22.3. The molecule has 8 heteroatoms. The molecule has 0 atom stereocenters. The number of hydrogen-bond donors (Lipinski definition) is 5.